The van der Waals surface area contributed by atoms with Crippen LogP contribution in [-0.4, -0.2) is 129 Å². The van der Waals surface area contributed by atoms with Gasteiger partial charge in [-0.05, 0) is 91.5 Å². The van der Waals surface area contributed by atoms with Crippen molar-refractivity contribution in [3.8, 4) is 33.5 Å². The fourth-order valence-electron chi connectivity index (χ4n) is 11.0. The van der Waals surface area contributed by atoms with Gasteiger partial charge in [-0.3, -0.25) is 19.5 Å². The molecule has 4 aromatic heterocycles. The molecule has 0 radical (unpaired) electrons. The third-order valence-electron chi connectivity index (χ3n) is 15.7. The van der Waals surface area contributed by atoms with Crippen molar-refractivity contribution in [2.24, 2.45) is 5.92 Å². The van der Waals surface area contributed by atoms with Gasteiger partial charge < -0.3 is 39.7 Å². The summed E-state index contributed by atoms with van der Waals surface area (Å²) in [5, 5.41) is 24.0. The van der Waals surface area contributed by atoms with Gasteiger partial charge in [0.1, 0.15) is 41.2 Å². The molecule has 4 fully saturated rings. The number of carbonyl (C=O) groups is 2. The van der Waals surface area contributed by atoms with Crippen LogP contribution in [0, 0.1) is 18.7 Å². The Morgan fingerprint density at radius 3 is 2.45 bits per heavy atom. The van der Waals surface area contributed by atoms with Gasteiger partial charge in [0.05, 0.1) is 27.5 Å². The van der Waals surface area contributed by atoms with E-state index >= 15 is 4.39 Å². The highest BCUT2D eigenvalue weighted by molar-refractivity contribution is 7.13. The zero-order chi connectivity index (χ0) is 52.3. The number of nitrogens with one attached hydrogen (secondary N) is 2. The third-order valence-corrected chi connectivity index (χ3v) is 16.6. The van der Waals surface area contributed by atoms with Gasteiger partial charge in [-0.15, -0.1) is 11.3 Å². The molecule has 16 nitrogen and oxygen atoms in total. The number of pyridine rings is 1. The average Bonchev–Trinajstić information content (AvgIpc) is 4.27. The third kappa shape index (κ3) is 11.1. The number of fused-ring (bicyclic) bond motifs is 4. The average molecular weight is 1040 g/mol. The van der Waals surface area contributed by atoms with E-state index in [1.165, 1.54) is 4.88 Å². The number of ether oxygens (including phenoxy) is 1. The number of benzene rings is 3. The number of thiazole rings is 1. The summed E-state index contributed by atoms with van der Waals surface area (Å²) in [6.45, 7) is 19.3. The molecule has 394 valence electrons. The van der Waals surface area contributed by atoms with Crippen LogP contribution >= 0.6 is 11.3 Å². The molecule has 4 aliphatic rings. The molecule has 75 heavy (non-hydrogen) atoms. The Morgan fingerprint density at radius 2 is 1.75 bits per heavy atom. The van der Waals surface area contributed by atoms with Gasteiger partial charge in [0.25, 0.3) is 0 Å². The Morgan fingerprint density at radius 1 is 0.973 bits per heavy atom. The molecule has 2 bridgehead atoms. The normalized spacial score (nSPS) is 19.6. The van der Waals surface area contributed by atoms with E-state index in [2.05, 4.69) is 91.3 Å². The van der Waals surface area contributed by atoms with Gasteiger partial charge in [0, 0.05) is 88.2 Å². The van der Waals surface area contributed by atoms with Crippen molar-refractivity contribution >= 4 is 57.0 Å². The number of rotatable bonds is 15. The molecular formula is C57H68FN11O5S. The first-order chi connectivity index (χ1) is 36.3. The number of piperazine rings is 2. The number of phenolic OH excluding ortho intramolecular Hbond substituents is 1. The maximum atomic E-state index is 16.9. The van der Waals surface area contributed by atoms with Gasteiger partial charge in [0.2, 0.25) is 12.3 Å². The predicted octanol–water partition coefficient (Wildman–Crippen LogP) is 9.06. The van der Waals surface area contributed by atoms with E-state index in [0.717, 1.165) is 123 Å². The molecule has 7 aromatic rings. The maximum absolute atomic E-state index is 16.9. The lowest BCUT2D eigenvalue weighted by atomic mass is 9.95. The summed E-state index contributed by atoms with van der Waals surface area (Å²) >= 11 is 1.63. The minimum atomic E-state index is -0.549. The SMILES string of the molecule is CCc1cccc2cc(O)cc(-c3ncc4c(N5CC6CCC(C5)N6)nc(OCCN5CCN(c6cc(C(C)C(C)C)on6)CC5)nc4c3F)c12.Cc1ncsc1-c1ccc(C(C)NC(=O)C2CCCN2C=O)cc1. The summed E-state index contributed by atoms with van der Waals surface area (Å²) in [6.07, 6.45) is 7.05. The van der Waals surface area contributed by atoms with Crippen molar-refractivity contribution < 1.29 is 28.3 Å². The maximum Gasteiger partial charge on any atom is 0.319 e. The molecule has 11 rings (SSSR count). The summed E-state index contributed by atoms with van der Waals surface area (Å²) in [5.74, 6) is 2.71. The van der Waals surface area contributed by atoms with Crippen LogP contribution < -0.4 is 25.2 Å². The van der Waals surface area contributed by atoms with Crippen LogP contribution in [0.4, 0.5) is 16.0 Å². The van der Waals surface area contributed by atoms with Gasteiger partial charge in [-0.2, -0.15) is 9.97 Å². The molecule has 4 aliphatic heterocycles. The Kier molecular flexibility index (Phi) is 15.6. The van der Waals surface area contributed by atoms with Crippen molar-refractivity contribution in [3.63, 3.8) is 0 Å². The highest BCUT2D eigenvalue weighted by Gasteiger charge is 2.35. The van der Waals surface area contributed by atoms with E-state index in [1.807, 2.05) is 49.7 Å². The van der Waals surface area contributed by atoms with Crippen molar-refractivity contribution in [2.45, 2.75) is 104 Å². The number of aryl methyl sites for hydroxylation is 2. The number of phenols is 1. The number of hydrogen-bond donors (Lipinski definition) is 3. The lowest BCUT2D eigenvalue weighted by Crippen LogP contribution is -2.51. The van der Waals surface area contributed by atoms with Gasteiger partial charge >= 0.3 is 6.01 Å². The number of amides is 2. The van der Waals surface area contributed by atoms with Crippen molar-refractivity contribution in [3.05, 3.63) is 101 Å². The molecule has 0 spiro atoms. The zero-order valence-electron chi connectivity index (χ0n) is 43.8. The largest absolute Gasteiger partial charge is 0.508 e. The fraction of sp³-hybridized carbons (Fsp3) is 0.456. The molecule has 8 heterocycles. The molecule has 5 atom stereocenters. The first-order valence-electron chi connectivity index (χ1n) is 26.6. The van der Waals surface area contributed by atoms with E-state index in [4.69, 9.17) is 14.2 Å². The molecule has 0 aliphatic carbocycles. The van der Waals surface area contributed by atoms with Crippen LogP contribution in [-0.2, 0) is 16.0 Å². The second kappa shape index (κ2) is 22.6. The van der Waals surface area contributed by atoms with E-state index in [-0.39, 0.29) is 41.0 Å². The van der Waals surface area contributed by atoms with Crippen molar-refractivity contribution in [1.82, 2.24) is 45.5 Å². The summed E-state index contributed by atoms with van der Waals surface area (Å²) in [5.41, 5.74) is 6.98. The number of halogens is 1. The van der Waals surface area contributed by atoms with Crippen LogP contribution in [0.15, 0.2) is 76.9 Å². The van der Waals surface area contributed by atoms with Crippen LogP contribution in [0.2, 0.25) is 0 Å². The van der Waals surface area contributed by atoms with E-state index in [0.29, 0.717) is 60.4 Å². The van der Waals surface area contributed by atoms with Crippen LogP contribution in [0.25, 0.3) is 43.4 Å². The predicted molar refractivity (Wildman–Crippen MR) is 292 cm³/mol. The fourth-order valence-corrected chi connectivity index (χ4v) is 11.8. The number of anilines is 2. The number of nitrogens with zero attached hydrogens (tertiary/aromatic N) is 9. The zero-order valence-corrected chi connectivity index (χ0v) is 44.6. The van der Waals surface area contributed by atoms with Crippen LogP contribution in [0.1, 0.15) is 94.8 Å². The molecule has 3 aromatic carbocycles. The molecule has 3 N–H and O–H groups in total. The highest BCUT2D eigenvalue weighted by Crippen LogP contribution is 2.39. The summed E-state index contributed by atoms with van der Waals surface area (Å²) in [4.78, 5) is 51.5. The number of likely N-dealkylation sites (tertiary alicyclic amines) is 1. The minimum Gasteiger partial charge on any atom is -0.508 e. The standard InChI is InChI=1S/C39H47FN8O3.C18H21N3O2S/c1-5-25-7-6-8-26-17-29(49)18-30(34(25)26)36-35(40)37-31(20-41-36)38(48-21-27-9-10-28(22-48)42-27)44-39(43-37)50-16-15-46-11-13-47(14-12-46)33-19-32(51-45-33)24(4)23(2)3;1-12(20-18(23)16-4-3-9-21(16)11-22)14-5-7-15(8-6-14)17-13(2)19-10-24-17/h6-8,17-20,23-24,27-28,42,49H,5,9-16,21-22H2,1-4H3;5-8,10-12,16H,3-4,9H2,1-2H3,(H,20,23). The van der Waals surface area contributed by atoms with Crippen molar-refractivity contribution in [1.29, 1.82) is 0 Å². The second-order valence-electron chi connectivity index (χ2n) is 20.8. The number of carbonyl (C=O) groups excluding carboxylic acids is 2. The lowest BCUT2D eigenvalue weighted by molar-refractivity contribution is -0.131. The summed E-state index contributed by atoms with van der Waals surface area (Å²) in [6, 6.07) is 20.0. The first kappa shape index (κ1) is 51.7. The molecule has 2 amide bonds. The monoisotopic (exact) mass is 1040 g/mol. The summed E-state index contributed by atoms with van der Waals surface area (Å²) in [7, 11) is 0. The number of hydrogen-bond acceptors (Lipinski definition) is 15. The van der Waals surface area contributed by atoms with E-state index in [1.54, 1.807) is 34.6 Å². The van der Waals surface area contributed by atoms with Crippen LogP contribution in [0.5, 0.6) is 11.8 Å². The number of aromatic hydroxyl groups is 1. The molecular weight excluding hydrogens is 970 g/mol. The highest BCUT2D eigenvalue weighted by atomic mass is 32.1. The quantitative estimate of drug-likeness (QED) is 0.0829. The van der Waals surface area contributed by atoms with E-state index in [9.17, 15) is 14.7 Å². The molecule has 4 saturated heterocycles. The molecule has 5 unspecified atom stereocenters. The first-order valence-corrected chi connectivity index (χ1v) is 27.4. The second-order valence-corrected chi connectivity index (χ2v) is 21.7. The topological polar surface area (TPSA) is 178 Å². The van der Waals surface area contributed by atoms with Crippen LogP contribution in [0.3, 0.4) is 0 Å². The van der Waals surface area contributed by atoms with Gasteiger partial charge in [0.15, 0.2) is 11.6 Å². The Labute approximate surface area is 441 Å². The number of aromatic nitrogens is 5. The van der Waals surface area contributed by atoms with Gasteiger partial charge in [-0.25, -0.2) is 9.37 Å². The molecule has 18 heteroatoms. The molecule has 0 saturated carbocycles. The van der Waals surface area contributed by atoms with Crippen molar-refractivity contribution in [2.75, 3.05) is 68.8 Å². The minimum absolute atomic E-state index is 0.0584. The Balaban J connectivity index is 0.000000223. The van der Waals surface area contributed by atoms with Gasteiger partial charge in [-0.1, -0.05) is 75.3 Å². The Hall–Kier alpha value is -6.76. The van der Waals surface area contributed by atoms with E-state index < -0.39 is 5.82 Å². The summed E-state index contributed by atoms with van der Waals surface area (Å²) < 4.78 is 28.8. The lowest BCUT2D eigenvalue weighted by Gasteiger charge is -2.34. The smallest absolute Gasteiger partial charge is 0.319 e. The Bertz CT molecular complexity index is 3130.